The van der Waals surface area contributed by atoms with Crippen molar-refractivity contribution in [2.75, 3.05) is 30.4 Å². The smallest absolute Gasteiger partial charge is 0.242 e. The number of carbonyl (C=O) groups is 2. The summed E-state index contributed by atoms with van der Waals surface area (Å²) in [7, 11) is -3.62. The minimum Gasteiger partial charge on any atom is -0.454 e. The molecule has 1 N–H and O–H groups in total. The number of anilines is 1. The third kappa shape index (κ3) is 8.00. The van der Waals surface area contributed by atoms with Gasteiger partial charge in [-0.2, -0.15) is 0 Å². The van der Waals surface area contributed by atoms with Crippen LogP contribution < -0.4 is 19.1 Å². The van der Waals surface area contributed by atoms with Gasteiger partial charge in [-0.3, -0.25) is 13.9 Å². The third-order valence-electron chi connectivity index (χ3n) is 6.04. The van der Waals surface area contributed by atoms with Gasteiger partial charge in [0, 0.05) is 37.1 Å². The summed E-state index contributed by atoms with van der Waals surface area (Å²) in [6, 6.07) is 11.3. The van der Waals surface area contributed by atoms with Crippen molar-refractivity contribution in [3.63, 3.8) is 0 Å². The van der Waals surface area contributed by atoms with Gasteiger partial charge in [-0.25, -0.2) is 8.42 Å². The predicted octanol–water partition coefficient (Wildman–Crippen LogP) is 3.95. The number of unbranched alkanes of at least 4 members (excludes halogenated alkanes) is 1. The Hall–Kier alpha value is -2.98. The molecule has 3 rings (SSSR count). The highest BCUT2D eigenvalue weighted by molar-refractivity contribution is 7.92. The average molecular weight is 552 g/mol. The molecule has 9 nitrogen and oxygen atoms in total. The quantitative estimate of drug-likeness (QED) is 0.378. The molecule has 1 atom stereocenters. The highest BCUT2D eigenvalue weighted by atomic mass is 35.5. The molecule has 0 radical (unpaired) electrons. The number of carbonyl (C=O) groups excluding carboxylic acids is 2. The first kappa shape index (κ1) is 28.6. The van der Waals surface area contributed by atoms with Crippen LogP contribution in [0.1, 0.15) is 45.1 Å². The van der Waals surface area contributed by atoms with E-state index in [2.05, 4.69) is 5.32 Å². The lowest BCUT2D eigenvalue weighted by Gasteiger charge is -2.29. The number of nitrogens with one attached hydrogen (secondary N) is 1. The van der Waals surface area contributed by atoms with Gasteiger partial charge in [-0.05, 0) is 49.6 Å². The molecule has 37 heavy (non-hydrogen) atoms. The van der Waals surface area contributed by atoms with Crippen molar-refractivity contribution in [1.82, 2.24) is 10.2 Å². The van der Waals surface area contributed by atoms with Crippen molar-refractivity contribution >= 4 is 39.1 Å². The van der Waals surface area contributed by atoms with Crippen LogP contribution in [0, 0.1) is 0 Å². The molecule has 0 aliphatic carbocycles. The Morgan fingerprint density at radius 3 is 2.57 bits per heavy atom. The lowest BCUT2D eigenvalue weighted by atomic mass is 10.1. The predicted molar refractivity (Wildman–Crippen MR) is 143 cm³/mol. The highest BCUT2D eigenvalue weighted by Crippen LogP contribution is 2.36. The van der Waals surface area contributed by atoms with Crippen molar-refractivity contribution in [3.8, 4) is 11.5 Å². The fraction of sp³-hybridized carbons (Fsp3) is 0.462. The van der Waals surface area contributed by atoms with E-state index >= 15 is 0 Å². The van der Waals surface area contributed by atoms with Gasteiger partial charge in [-0.15, -0.1) is 0 Å². The summed E-state index contributed by atoms with van der Waals surface area (Å²) >= 11 is 6.13. The van der Waals surface area contributed by atoms with Crippen molar-refractivity contribution in [2.24, 2.45) is 0 Å². The molecule has 0 aromatic heterocycles. The zero-order valence-electron chi connectivity index (χ0n) is 21.4. The second-order valence-electron chi connectivity index (χ2n) is 8.95. The molecule has 0 bridgehead atoms. The van der Waals surface area contributed by atoms with Gasteiger partial charge in [0.05, 0.1) is 11.9 Å². The van der Waals surface area contributed by atoms with E-state index in [4.69, 9.17) is 21.1 Å². The van der Waals surface area contributed by atoms with E-state index < -0.39 is 16.1 Å². The molecule has 0 saturated heterocycles. The topological polar surface area (TPSA) is 105 Å². The second kappa shape index (κ2) is 13.0. The van der Waals surface area contributed by atoms with Gasteiger partial charge in [0.1, 0.15) is 6.04 Å². The molecule has 0 spiro atoms. The number of benzene rings is 2. The molecule has 202 valence electrons. The molecule has 11 heteroatoms. The van der Waals surface area contributed by atoms with Gasteiger partial charge in [0.25, 0.3) is 0 Å². The summed E-state index contributed by atoms with van der Waals surface area (Å²) in [6.07, 6.45) is 3.23. The molecule has 0 fully saturated rings. The van der Waals surface area contributed by atoms with Crippen LogP contribution >= 0.6 is 11.6 Å². The van der Waals surface area contributed by atoms with E-state index in [-0.39, 0.29) is 44.5 Å². The van der Waals surface area contributed by atoms with Crippen LogP contribution in [0.15, 0.2) is 42.5 Å². The SMILES string of the molecule is CCCCNC(=O)C(C)N(Cc1cccc(Cl)c1)C(=O)CCCN(c1ccc2c(c1)OCO2)S(C)(=O)=O. The zero-order chi connectivity index (χ0) is 27.0. The largest absolute Gasteiger partial charge is 0.454 e. The molecule has 1 unspecified atom stereocenters. The number of nitrogens with zero attached hydrogens (tertiary/aromatic N) is 2. The normalized spacial score (nSPS) is 13.2. The molecule has 2 amide bonds. The summed E-state index contributed by atoms with van der Waals surface area (Å²) < 4.78 is 37.0. The lowest BCUT2D eigenvalue weighted by Crippen LogP contribution is -2.48. The van der Waals surface area contributed by atoms with Gasteiger partial charge >= 0.3 is 0 Å². The van der Waals surface area contributed by atoms with E-state index in [1.165, 1.54) is 9.21 Å². The minimum atomic E-state index is -3.62. The standard InChI is InChI=1S/C26H34ClN3O6S/c1-4-5-13-28-26(32)19(2)29(17-20-8-6-9-21(27)15-20)25(31)10-7-14-30(37(3,33)34)22-11-12-23-24(16-22)36-18-35-23/h6,8-9,11-12,15-16,19H,4-5,7,10,13-14,17-18H2,1-3H3,(H,28,32). The van der Waals surface area contributed by atoms with E-state index in [0.29, 0.717) is 28.8 Å². The molecule has 2 aromatic carbocycles. The molecular formula is C26H34ClN3O6S. The molecule has 1 heterocycles. The summed E-state index contributed by atoms with van der Waals surface area (Å²) in [5.41, 5.74) is 1.23. The molecular weight excluding hydrogens is 518 g/mol. The summed E-state index contributed by atoms with van der Waals surface area (Å²) in [5, 5.41) is 3.42. The Balaban J connectivity index is 1.71. The maximum atomic E-state index is 13.3. The van der Waals surface area contributed by atoms with E-state index in [9.17, 15) is 18.0 Å². The Morgan fingerprint density at radius 1 is 1.11 bits per heavy atom. The summed E-state index contributed by atoms with van der Waals surface area (Å²) in [5.74, 6) is 0.535. The van der Waals surface area contributed by atoms with Crippen molar-refractivity contribution in [1.29, 1.82) is 0 Å². The van der Waals surface area contributed by atoms with Gasteiger partial charge in [0.2, 0.25) is 28.6 Å². The van der Waals surface area contributed by atoms with E-state index in [1.807, 2.05) is 13.0 Å². The molecule has 0 saturated carbocycles. The Kier molecular flexibility index (Phi) is 10.0. The Labute approximate surface area is 223 Å². The molecule has 1 aliphatic rings. The number of ether oxygens (including phenoxy) is 2. The number of hydrogen-bond acceptors (Lipinski definition) is 6. The van der Waals surface area contributed by atoms with Crippen molar-refractivity contribution in [2.45, 2.75) is 52.1 Å². The third-order valence-corrected chi connectivity index (χ3v) is 7.46. The first-order chi connectivity index (χ1) is 17.6. The first-order valence-electron chi connectivity index (χ1n) is 12.3. The number of hydrogen-bond donors (Lipinski definition) is 1. The Bertz CT molecular complexity index is 1210. The monoisotopic (exact) mass is 551 g/mol. The lowest BCUT2D eigenvalue weighted by molar-refractivity contribution is -0.140. The van der Waals surface area contributed by atoms with Gasteiger partial charge < -0.3 is 19.7 Å². The van der Waals surface area contributed by atoms with Crippen LogP contribution in [-0.4, -0.2) is 57.3 Å². The Morgan fingerprint density at radius 2 is 1.86 bits per heavy atom. The zero-order valence-corrected chi connectivity index (χ0v) is 23.0. The summed E-state index contributed by atoms with van der Waals surface area (Å²) in [4.78, 5) is 27.6. The van der Waals surface area contributed by atoms with Crippen LogP contribution in [0.4, 0.5) is 5.69 Å². The molecule has 1 aliphatic heterocycles. The fourth-order valence-electron chi connectivity index (χ4n) is 3.99. The number of halogens is 1. The first-order valence-corrected chi connectivity index (χ1v) is 14.5. The van der Waals surface area contributed by atoms with Crippen LogP contribution in [0.5, 0.6) is 11.5 Å². The van der Waals surface area contributed by atoms with Crippen LogP contribution in [0.25, 0.3) is 0 Å². The number of amides is 2. The number of fused-ring (bicyclic) bond motifs is 1. The number of sulfonamides is 1. The van der Waals surface area contributed by atoms with E-state index in [0.717, 1.165) is 24.7 Å². The van der Waals surface area contributed by atoms with Crippen LogP contribution in [0.3, 0.4) is 0 Å². The minimum absolute atomic E-state index is 0.0592. The van der Waals surface area contributed by atoms with E-state index in [1.54, 1.807) is 43.3 Å². The second-order valence-corrected chi connectivity index (χ2v) is 11.3. The van der Waals surface area contributed by atoms with Crippen molar-refractivity contribution < 1.29 is 27.5 Å². The van der Waals surface area contributed by atoms with Crippen LogP contribution in [0.2, 0.25) is 5.02 Å². The van der Waals surface area contributed by atoms with Crippen molar-refractivity contribution in [3.05, 3.63) is 53.1 Å². The maximum Gasteiger partial charge on any atom is 0.242 e. The van der Waals surface area contributed by atoms with Gasteiger partial charge in [0.15, 0.2) is 11.5 Å². The fourth-order valence-corrected chi connectivity index (χ4v) is 5.17. The van der Waals surface area contributed by atoms with Gasteiger partial charge in [-0.1, -0.05) is 37.1 Å². The summed E-state index contributed by atoms with van der Waals surface area (Å²) in [6.45, 7) is 4.65. The number of rotatable bonds is 13. The molecule has 2 aromatic rings. The maximum absolute atomic E-state index is 13.3. The van der Waals surface area contributed by atoms with Crippen LogP contribution in [-0.2, 0) is 26.2 Å². The average Bonchev–Trinajstić information content (AvgIpc) is 3.32. The highest BCUT2D eigenvalue weighted by Gasteiger charge is 2.27.